The van der Waals surface area contributed by atoms with Crippen LogP contribution in [0, 0.1) is 5.82 Å². The third kappa shape index (κ3) is 12.3. The Kier molecular flexibility index (Phi) is 15.0. The fourth-order valence-corrected chi connectivity index (χ4v) is 5.17. The van der Waals surface area contributed by atoms with Gasteiger partial charge in [-0.15, -0.1) is 0 Å². The van der Waals surface area contributed by atoms with Crippen LogP contribution in [0.1, 0.15) is 72.2 Å². The van der Waals surface area contributed by atoms with Crippen molar-refractivity contribution >= 4 is 58.6 Å². The first-order chi connectivity index (χ1) is 24.6. The number of nitrogens with zero attached hydrogens (tertiary/aromatic N) is 3. The Morgan fingerprint density at radius 1 is 0.922 bits per heavy atom. The third-order valence-electron chi connectivity index (χ3n) is 7.48. The van der Waals surface area contributed by atoms with E-state index in [2.05, 4.69) is 31.4 Å². The lowest BCUT2D eigenvalue weighted by atomic mass is 10.1. The van der Waals surface area contributed by atoms with Gasteiger partial charge in [0.2, 0.25) is 11.9 Å². The number of aromatic nitrogens is 2. The monoisotopic (exact) mass is 717 g/mol. The Hall–Kier alpha value is -5.21. The molecule has 0 unspecified atom stereocenters. The molecule has 4 aromatic rings. The molecule has 0 saturated carbocycles. The van der Waals surface area contributed by atoms with E-state index in [1.165, 1.54) is 30.3 Å². The summed E-state index contributed by atoms with van der Waals surface area (Å²) in [5, 5.41) is 8.87. The van der Waals surface area contributed by atoms with Crippen LogP contribution < -0.4 is 25.7 Å². The first kappa shape index (κ1) is 38.6. The van der Waals surface area contributed by atoms with Gasteiger partial charge in [-0.25, -0.2) is 19.6 Å². The molecule has 51 heavy (non-hydrogen) atoms. The van der Waals surface area contributed by atoms with Gasteiger partial charge in [0.25, 0.3) is 5.91 Å². The SMILES string of the molecule is CSN(C)c1ccccc1Nc1nc(Nc2ccc(C(=O)NCCCCCCC(=O)NOCc3ccccc3)cc2F)ncc1C(=O)OC(C)C. The molecule has 3 aromatic carbocycles. The lowest BCUT2D eigenvalue weighted by Gasteiger charge is -2.21. The number of rotatable bonds is 19. The Morgan fingerprint density at radius 3 is 2.41 bits per heavy atom. The van der Waals surface area contributed by atoms with Gasteiger partial charge in [0.15, 0.2) is 5.82 Å². The maximum Gasteiger partial charge on any atom is 0.343 e. The predicted octanol–water partition coefficient (Wildman–Crippen LogP) is 7.31. The van der Waals surface area contributed by atoms with Crippen molar-refractivity contribution < 1.29 is 28.3 Å². The molecule has 4 N–H and O–H groups in total. The van der Waals surface area contributed by atoms with Gasteiger partial charge in [0.05, 0.1) is 29.8 Å². The number of carbonyl (C=O) groups is 3. The number of nitrogens with one attached hydrogen (secondary N) is 4. The minimum Gasteiger partial charge on any atom is -0.459 e. The van der Waals surface area contributed by atoms with E-state index in [0.717, 1.165) is 30.2 Å². The van der Waals surface area contributed by atoms with Crippen LogP contribution in [0.5, 0.6) is 0 Å². The number of hydrogen-bond acceptors (Lipinski definition) is 11. The molecule has 0 aliphatic rings. The topological polar surface area (TPSA) is 147 Å². The van der Waals surface area contributed by atoms with Crippen molar-refractivity contribution in [1.29, 1.82) is 0 Å². The van der Waals surface area contributed by atoms with Crippen molar-refractivity contribution in [2.24, 2.45) is 0 Å². The van der Waals surface area contributed by atoms with Crippen LogP contribution in [0.25, 0.3) is 0 Å². The summed E-state index contributed by atoms with van der Waals surface area (Å²) in [4.78, 5) is 51.5. The number of halogens is 1. The number of unbranched alkanes of at least 4 members (excludes halogenated alkanes) is 3. The fraction of sp³-hybridized carbons (Fsp3) is 0.324. The summed E-state index contributed by atoms with van der Waals surface area (Å²) < 4.78 is 22.5. The number of hydrogen-bond donors (Lipinski definition) is 4. The molecular weight excluding hydrogens is 674 g/mol. The molecule has 4 rings (SSSR count). The second-order valence-electron chi connectivity index (χ2n) is 11.8. The first-order valence-electron chi connectivity index (χ1n) is 16.7. The molecule has 0 aliphatic carbocycles. The molecule has 270 valence electrons. The molecular formula is C37H44FN7O5S. The lowest BCUT2D eigenvalue weighted by molar-refractivity contribution is -0.134. The highest BCUT2D eigenvalue weighted by molar-refractivity contribution is 7.99. The van der Waals surface area contributed by atoms with Crippen LogP contribution in [0.2, 0.25) is 0 Å². The number of hydroxylamine groups is 1. The Labute approximate surface area is 302 Å². The molecule has 2 amide bonds. The van der Waals surface area contributed by atoms with Crippen LogP contribution in [-0.2, 0) is 21.0 Å². The van der Waals surface area contributed by atoms with Crippen molar-refractivity contribution in [3.8, 4) is 0 Å². The van der Waals surface area contributed by atoms with Crippen LogP contribution >= 0.6 is 11.9 Å². The van der Waals surface area contributed by atoms with Crippen molar-refractivity contribution in [3.63, 3.8) is 0 Å². The average molecular weight is 718 g/mol. The minimum atomic E-state index is -0.679. The molecule has 1 aromatic heterocycles. The van der Waals surface area contributed by atoms with Gasteiger partial charge < -0.3 is 25.0 Å². The van der Waals surface area contributed by atoms with E-state index < -0.39 is 17.7 Å². The number of anilines is 5. The number of para-hydroxylation sites is 2. The fourth-order valence-electron chi connectivity index (χ4n) is 4.82. The Bertz CT molecular complexity index is 1760. The largest absolute Gasteiger partial charge is 0.459 e. The zero-order valence-electron chi connectivity index (χ0n) is 29.2. The van der Waals surface area contributed by atoms with Crippen LogP contribution in [0.4, 0.5) is 33.2 Å². The summed E-state index contributed by atoms with van der Waals surface area (Å²) in [7, 11) is 1.91. The third-order valence-corrected chi connectivity index (χ3v) is 8.23. The number of ether oxygens (including phenoxy) is 1. The molecule has 1 heterocycles. The van der Waals surface area contributed by atoms with E-state index in [4.69, 9.17) is 9.57 Å². The maximum absolute atomic E-state index is 15.2. The van der Waals surface area contributed by atoms with E-state index >= 15 is 4.39 Å². The quantitative estimate of drug-likeness (QED) is 0.0335. The van der Waals surface area contributed by atoms with Gasteiger partial charge in [-0.05, 0) is 62.6 Å². The van der Waals surface area contributed by atoms with Crippen molar-refractivity contribution in [2.45, 2.75) is 58.7 Å². The summed E-state index contributed by atoms with van der Waals surface area (Å²) in [6, 6.07) is 21.2. The van der Waals surface area contributed by atoms with E-state index in [0.29, 0.717) is 38.1 Å². The number of benzene rings is 3. The summed E-state index contributed by atoms with van der Waals surface area (Å²) in [5.41, 5.74) is 5.29. The molecule has 0 radical (unpaired) electrons. The van der Waals surface area contributed by atoms with Crippen LogP contribution in [0.3, 0.4) is 0 Å². The molecule has 0 bridgehead atoms. The standard InChI is InChI=1S/C37H44FN7O5S/c1-25(2)50-36(48)28-23-40-37(43-34(28)41-31-16-11-12-17-32(31)45(3)51-4)42-30-20-19-27(22-29(30)38)35(47)39-21-13-6-5-10-18-33(46)44-49-24-26-14-8-7-9-15-26/h7-9,11-12,14-17,19-20,22-23,25H,5-6,10,13,18,21,24H2,1-4H3,(H,39,47)(H,44,46)(H2,40,41,42,43). The van der Waals surface area contributed by atoms with E-state index in [9.17, 15) is 14.4 Å². The average Bonchev–Trinajstić information content (AvgIpc) is 3.12. The van der Waals surface area contributed by atoms with E-state index in [1.807, 2.05) is 72.2 Å². The Balaban J connectivity index is 1.28. The molecule has 14 heteroatoms. The normalized spacial score (nSPS) is 10.8. The van der Waals surface area contributed by atoms with E-state index in [1.54, 1.807) is 13.8 Å². The van der Waals surface area contributed by atoms with E-state index in [-0.39, 0.29) is 40.6 Å². The molecule has 0 saturated heterocycles. The summed E-state index contributed by atoms with van der Waals surface area (Å²) in [6.45, 7) is 4.21. The van der Waals surface area contributed by atoms with Crippen molar-refractivity contribution in [2.75, 3.05) is 34.8 Å². The van der Waals surface area contributed by atoms with Crippen molar-refractivity contribution in [3.05, 3.63) is 102 Å². The van der Waals surface area contributed by atoms with Gasteiger partial charge >= 0.3 is 5.97 Å². The van der Waals surface area contributed by atoms with Gasteiger partial charge in [-0.1, -0.05) is 67.3 Å². The van der Waals surface area contributed by atoms with Crippen LogP contribution in [-0.4, -0.2) is 53.7 Å². The van der Waals surface area contributed by atoms with Gasteiger partial charge in [-0.2, -0.15) is 4.98 Å². The predicted molar refractivity (Wildman–Crippen MR) is 199 cm³/mol. The highest BCUT2D eigenvalue weighted by Crippen LogP contribution is 2.32. The van der Waals surface area contributed by atoms with Crippen LogP contribution in [0.15, 0.2) is 79.0 Å². The Morgan fingerprint density at radius 2 is 1.67 bits per heavy atom. The molecule has 0 atom stereocenters. The minimum absolute atomic E-state index is 0.0302. The number of amides is 2. The first-order valence-corrected chi connectivity index (χ1v) is 17.8. The second kappa shape index (κ2) is 19.8. The smallest absolute Gasteiger partial charge is 0.343 e. The highest BCUT2D eigenvalue weighted by atomic mass is 32.2. The molecule has 0 fully saturated rings. The molecule has 12 nitrogen and oxygen atoms in total. The molecule has 0 spiro atoms. The van der Waals surface area contributed by atoms with Gasteiger partial charge in [-0.3, -0.25) is 14.4 Å². The van der Waals surface area contributed by atoms with Crippen molar-refractivity contribution in [1.82, 2.24) is 20.8 Å². The second-order valence-corrected chi connectivity index (χ2v) is 12.7. The molecule has 0 aliphatic heterocycles. The summed E-state index contributed by atoms with van der Waals surface area (Å²) >= 11 is 1.51. The lowest BCUT2D eigenvalue weighted by Crippen LogP contribution is -2.24. The maximum atomic E-state index is 15.2. The summed E-state index contributed by atoms with van der Waals surface area (Å²) in [6.07, 6.45) is 6.30. The highest BCUT2D eigenvalue weighted by Gasteiger charge is 2.20. The zero-order chi connectivity index (χ0) is 36.6. The number of esters is 1. The number of carbonyl (C=O) groups excluding carboxylic acids is 3. The van der Waals surface area contributed by atoms with Gasteiger partial charge in [0, 0.05) is 38.0 Å². The zero-order valence-corrected chi connectivity index (χ0v) is 30.0. The van der Waals surface area contributed by atoms with Gasteiger partial charge in [0.1, 0.15) is 11.4 Å². The summed E-state index contributed by atoms with van der Waals surface area (Å²) in [5.74, 6) is -1.66.